The number of rotatable bonds is 5. The molecule has 0 bridgehead atoms. The second-order valence-electron chi connectivity index (χ2n) is 5.40. The van der Waals surface area contributed by atoms with E-state index in [-0.39, 0.29) is 23.8 Å². The number of hydrogen-bond acceptors (Lipinski definition) is 3. The van der Waals surface area contributed by atoms with Crippen LogP contribution in [0, 0.1) is 5.82 Å². The van der Waals surface area contributed by atoms with E-state index < -0.39 is 0 Å². The Balaban J connectivity index is 1.64. The normalized spacial score (nSPS) is 10.7. The molecule has 0 aliphatic rings. The van der Waals surface area contributed by atoms with Gasteiger partial charge in [-0.1, -0.05) is 24.3 Å². The number of carbonyl (C=O) groups excluding carboxylic acids is 1. The highest BCUT2D eigenvalue weighted by Crippen LogP contribution is 2.08. The molecule has 0 spiro atoms. The predicted octanol–water partition coefficient (Wildman–Crippen LogP) is 1.89. The maximum absolute atomic E-state index is 12.8. The molecule has 1 N–H and O–H groups in total. The Morgan fingerprint density at radius 1 is 1.12 bits per heavy atom. The molecule has 6 heteroatoms. The van der Waals surface area contributed by atoms with Gasteiger partial charge in [0.2, 0.25) is 5.91 Å². The van der Waals surface area contributed by atoms with Crippen molar-refractivity contribution in [2.45, 2.75) is 13.0 Å². The van der Waals surface area contributed by atoms with Crippen LogP contribution >= 0.6 is 0 Å². The summed E-state index contributed by atoms with van der Waals surface area (Å²) in [5.41, 5.74) is 1.90. The lowest BCUT2D eigenvalue weighted by Gasteiger charge is -2.10. The van der Waals surface area contributed by atoms with E-state index in [0.717, 1.165) is 5.56 Å². The number of aromatic nitrogens is 2. The lowest BCUT2D eigenvalue weighted by Crippen LogP contribution is -2.33. The van der Waals surface area contributed by atoms with Gasteiger partial charge in [-0.25, -0.2) is 9.37 Å². The van der Waals surface area contributed by atoms with Crippen LogP contribution in [0.25, 0.3) is 11.0 Å². The van der Waals surface area contributed by atoms with Crippen LogP contribution in [0.4, 0.5) is 4.39 Å². The monoisotopic (exact) mass is 325 g/mol. The topological polar surface area (TPSA) is 64.0 Å². The third-order valence-electron chi connectivity index (χ3n) is 3.70. The van der Waals surface area contributed by atoms with Crippen molar-refractivity contribution in [2.75, 3.05) is 6.54 Å². The smallest absolute Gasteiger partial charge is 0.269 e. The number of halogens is 1. The van der Waals surface area contributed by atoms with E-state index in [1.807, 2.05) is 6.07 Å². The Labute approximate surface area is 137 Å². The molecule has 0 radical (unpaired) electrons. The Morgan fingerprint density at radius 2 is 1.88 bits per heavy atom. The van der Waals surface area contributed by atoms with E-state index in [1.54, 1.807) is 30.3 Å². The third-order valence-corrected chi connectivity index (χ3v) is 3.70. The molecule has 0 atom stereocenters. The van der Waals surface area contributed by atoms with Crippen molar-refractivity contribution in [3.8, 4) is 0 Å². The summed E-state index contributed by atoms with van der Waals surface area (Å²) in [5.74, 6) is -0.540. The van der Waals surface area contributed by atoms with Gasteiger partial charge in [-0.15, -0.1) is 0 Å². The van der Waals surface area contributed by atoms with Crippen molar-refractivity contribution in [3.63, 3.8) is 0 Å². The van der Waals surface area contributed by atoms with E-state index in [0.29, 0.717) is 24.0 Å². The van der Waals surface area contributed by atoms with Crippen LogP contribution in [0.2, 0.25) is 0 Å². The summed E-state index contributed by atoms with van der Waals surface area (Å²) >= 11 is 0. The molecule has 2 aromatic carbocycles. The highest BCUT2D eigenvalue weighted by molar-refractivity contribution is 5.79. The van der Waals surface area contributed by atoms with Crippen molar-refractivity contribution in [1.82, 2.24) is 14.9 Å². The summed E-state index contributed by atoms with van der Waals surface area (Å²) in [6.45, 7) is 0.355. The van der Waals surface area contributed by atoms with Gasteiger partial charge in [0.15, 0.2) is 0 Å². The number of nitrogens with zero attached hydrogens (tertiary/aromatic N) is 2. The van der Waals surface area contributed by atoms with Gasteiger partial charge in [-0.05, 0) is 36.2 Å². The highest BCUT2D eigenvalue weighted by Gasteiger charge is 2.08. The standard InChI is InChI=1S/C18H16FN3O2/c19-14-7-5-13(6-8-14)9-10-20-17(23)12-22-16-4-2-1-3-15(16)21-11-18(22)24/h1-8,11H,9-10,12H2,(H,20,23). The molecule has 122 valence electrons. The average molecular weight is 325 g/mol. The van der Waals surface area contributed by atoms with Gasteiger partial charge < -0.3 is 5.32 Å². The summed E-state index contributed by atoms with van der Waals surface area (Å²) < 4.78 is 14.2. The van der Waals surface area contributed by atoms with Gasteiger partial charge in [-0.2, -0.15) is 0 Å². The molecule has 0 fully saturated rings. The number of nitrogens with one attached hydrogen (secondary N) is 1. The highest BCUT2D eigenvalue weighted by atomic mass is 19.1. The van der Waals surface area contributed by atoms with Crippen molar-refractivity contribution in [3.05, 3.63) is 76.5 Å². The minimum Gasteiger partial charge on any atom is -0.354 e. The first-order chi connectivity index (χ1) is 11.6. The first-order valence-electron chi connectivity index (χ1n) is 7.59. The third kappa shape index (κ3) is 3.65. The summed E-state index contributed by atoms with van der Waals surface area (Å²) in [5, 5.41) is 2.77. The first-order valence-corrected chi connectivity index (χ1v) is 7.59. The fourth-order valence-corrected chi connectivity index (χ4v) is 2.47. The van der Waals surface area contributed by atoms with Crippen molar-refractivity contribution >= 4 is 16.9 Å². The average Bonchev–Trinajstić information content (AvgIpc) is 2.59. The van der Waals surface area contributed by atoms with Gasteiger partial charge in [-0.3, -0.25) is 14.2 Å². The number of hydrogen-bond donors (Lipinski definition) is 1. The van der Waals surface area contributed by atoms with Crippen LogP contribution in [0.1, 0.15) is 5.56 Å². The van der Waals surface area contributed by atoms with Crippen molar-refractivity contribution in [1.29, 1.82) is 0 Å². The molecule has 1 heterocycles. The van der Waals surface area contributed by atoms with Crippen LogP contribution in [-0.2, 0) is 17.8 Å². The molecule has 0 unspecified atom stereocenters. The van der Waals surface area contributed by atoms with Crippen LogP contribution in [0.15, 0.2) is 59.5 Å². The lowest BCUT2D eigenvalue weighted by molar-refractivity contribution is -0.121. The Hall–Kier alpha value is -3.02. The van der Waals surface area contributed by atoms with Gasteiger partial charge in [0, 0.05) is 6.54 Å². The fraction of sp³-hybridized carbons (Fsp3) is 0.167. The summed E-state index contributed by atoms with van der Waals surface area (Å²) in [6, 6.07) is 13.3. The fourth-order valence-electron chi connectivity index (χ4n) is 2.47. The van der Waals surface area contributed by atoms with Gasteiger partial charge in [0.05, 0.1) is 17.2 Å². The summed E-state index contributed by atoms with van der Waals surface area (Å²) in [4.78, 5) is 28.1. The molecule has 3 aromatic rings. The zero-order valence-corrected chi connectivity index (χ0v) is 12.9. The van der Waals surface area contributed by atoms with Crippen LogP contribution in [0.3, 0.4) is 0 Å². The molecule has 0 saturated carbocycles. The molecule has 0 aliphatic heterocycles. The molecule has 1 amide bonds. The van der Waals surface area contributed by atoms with Crippen LogP contribution in [-0.4, -0.2) is 22.0 Å². The number of para-hydroxylation sites is 2. The predicted molar refractivity (Wildman–Crippen MR) is 89.1 cm³/mol. The quantitative estimate of drug-likeness (QED) is 0.779. The molecule has 0 aliphatic carbocycles. The number of benzene rings is 2. The second kappa shape index (κ2) is 7.04. The molecule has 24 heavy (non-hydrogen) atoms. The van der Waals surface area contributed by atoms with Gasteiger partial charge in [0.25, 0.3) is 5.56 Å². The van der Waals surface area contributed by atoms with Gasteiger partial charge >= 0.3 is 0 Å². The summed E-state index contributed by atoms with van der Waals surface area (Å²) in [7, 11) is 0. The number of amides is 1. The van der Waals surface area contributed by atoms with Crippen molar-refractivity contribution in [2.24, 2.45) is 0 Å². The largest absolute Gasteiger partial charge is 0.354 e. The zero-order valence-electron chi connectivity index (χ0n) is 12.9. The molecule has 1 aromatic heterocycles. The molecule has 0 saturated heterocycles. The molecule has 3 rings (SSSR count). The van der Waals surface area contributed by atoms with E-state index in [2.05, 4.69) is 10.3 Å². The summed E-state index contributed by atoms with van der Waals surface area (Å²) in [6.07, 6.45) is 1.81. The Kier molecular flexibility index (Phi) is 4.65. The minimum atomic E-state index is -0.317. The zero-order chi connectivity index (χ0) is 16.9. The van der Waals surface area contributed by atoms with E-state index in [9.17, 15) is 14.0 Å². The van der Waals surface area contributed by atoms with E-state index in [4.69, 9.17) is 0 Å². The maximum atomic E-state index is 12.8. The van der Waals surface area contributed by atoms with Crippen LogP contribution < -0.4 is 10.9 Å². The lowest BCUT2D eigenvalue weighted by atomic mass is 10.1. The Morgan fingerprint density at radius 3 is 2.67 bits per heavy atom. The number of carbonyl (C=O) groups is 1. The minimum absolute atomic E-state index is 0.0642. The van der Waals surface area contributed by atoms with Crippen LogP contribution in [0.5, 0.6) is 0 Å². The van der Waals surface area contributed by atoms with Gasteiger partial charge in [0.1, 0.15) is 12.4 Å². The number of fused-ring (bicyclic) bond motifs is 1. The first kappa shape index (κ1) is 15.9. The Bertz CT molecular complexity index is 919. The second-order valence-corrected chi connectivity index (χ2v) is 5.40. The molecular weight excluding hydrogens is 309 g/mol. The SMILES string of the molecule is O=C(Cn1c(=O)cnc2ccccc21)NCCc1ccc(F)cc1. The van der Waals surface area contributed by atoms with E-state index >= 15 is 0 Å². The maximum Gasteiger partial charge on any atom is 0.269 e. The van der Waals surface area contributed by atoms with Crippen molar-refractivity contribution < 1.29 is 9.18 Å². The molecule has 5 nitrogen and oxygen atoms in total. The van der Waals surface area contributed by atoms with E-state index in [1.165, 1.54) is 22.9 Å². The molecular formula is C18H16FN3O2.